The van der Waals surface area contributed by atoms with Crippen molar-refractivity contribution in [3.63, 3.8) is 0 Å². The molecule has 7 nitrogen and oxygen atoms in total. The quantitative estimate of drug-likeness (QED) is 0.803. The lowest BCUT2D eigenvalue weighted by Gasteiger charge is -2.29. The molecule has 2 N–H and O–H groups in total. The highest BCUT2D eigenvalue weighted by Gasteiger charge is 2.34. The number of fused-ring (bicyclic) bond motifs is 1. The van der Waals surface area contributed by atoms with E-state index in [4.69, 9.17) is 4.74 Å². The minimum atomic E-state index is -0.751. The SMILES string of the molecule is CNC(=O)[C@@H](NC(=O)c1nc(-c2ccc(C)cc2F)n2c1COCCC2)C(C)(C)C. The van der Waals surface area contributed by atoms with Gasteiger partial charge in [-0.05, 0) is 36.5 Å². The summed E-state index contributed by atoms with van der Waals surface area (Å²) in [5, 5.41) is 5.40. The molecular weight excluding hydrogens is 387 g/mol. The second kappa shape index (κ2) is 8.55. The maximum atomic E-state index is 14.7. The Balaban J connectivity index is 2.05. The van der Waals surface area contributed by atoms with Crippen LogP contribution in [0, 0.1) is 18.2 Å². The molecule has 0 aliphatic carbocycles. The molecule has 1 aromatic carbocycles. The number of imidazole rings is 1. The second-order valence-electron chi connectivity index (χ2n) is 8.66. The highest BCUT2D eigenvalue weighted by atomic mass is 19.1. The first-order valence-electron chi connectivity index (χ1n) is 10.1. The zero-order valence-corrected chi connectivity index (χ0v) is 18.1. The lowest BCUT2D eigenvalue weighted by atomic mass is 9.86. The van der Waals surface area contributed by atoms with E-state index < -0.39 is 23.2 Å². The van der Waals surface area contributed by atoms with Gasteiger partial charge in [-0.3, -0.25) is 9.59 Å². The minimum Gasteiger partial charge on any atom is -0.375 e. The van der Waals surface area contributed by atoms with E-state index in [2.05, 4.69) is 15.6 Å². The molecule has 1 aliphatic rings. The molecule has 0 spiro atoms. The third-order valence-corrected chi connectivity index (χ3v) is 5.21. The van der Waals surface area contributed by atoms with E-state index in [-0.39, 0.29) is 18.2 Å². The van der Waals surface area contributed by atoms with Crippen molar-refractivity contribution in [3.8, 4) is 11.4 Å². The van der Waals surface area contributed by atoms with E-state index in [9.17, 15) is 14.0 Å². The smallest absolute Gasteiger partial charge is 0.272 e. The number of halogens is 1. The van der Waals surface area contributed by atoms with Gasteiger partial charge in [0.05, 0.1) is 17.9 Å². The normalized spacial score (nSPS) is 15.1. The van der Waals surface area contributed by atoms with Crippen LogP contribution >= 0.6 is 0 Å². The summed E-state index contributed by atoms with van der Waals surface area (Å²) < 4.78 is 22.2. The highest BCUT2D eigenvalue weighted by molar-refractivity contribution is 5.97. The molecule has 0 unspecified atom stereocenters. The van der Waals surface area contributed by atoms with Crippen LogP contribution in [-0.2, 0) is 22.7 Å². The number of hydrogen-bond donors (Lipinski definition) is 2. The molecule has 3 rings (SSSR count). The monoisotopic (exact) mass is 416 g/mol. The summed E-state index contributed by atoms with van der Waals surface area (Å²) in [6.07, 6.45) is 0.730. The Kier molecular flexibility index (Phi) is 6.26. The van der Waals surface area contributed by atoms with E-state index >= 15 is 0 Å². The van der Waals surface area contributed by atoms with Crippen LogP contribution in [0.5, 0.6) is 0 Å². The van der Waals surface area contributed by atoms with Crippen molar-refractivity contribution in [3.05, 3.63) is 41.0 Å². The zero-order valence-electron chi connectivity index (χ0n) is 18.1. The first-order chi connectivity index (χ1) is 14.1. The number of amides is 2. The van der Waals surface area contributed by atoms with E-state index in [1.165, 1.54) is 13.1 Å². The predicted molar refractivity (Wildman–Crippen MR) is 111 cm³/mol. The van der Waals surface area contributed by atoms with Crippen LogP contribution in [0.4, 0.5) is 4.39 Å². The molecule has 2 heterocycles. The lowest BCUT2D eigenvalue weighted by molar-refractivity contribution is -0.124. The number of ether oxygens (including phenoxy) is 1. The Labute approximate surface area is 176 Å². The number of benzene rings is 1. The number of hydrogen-bond acceptors (Lipinski definition) is 4. The number of nitrogens with one attached hydrogen (secondary N) is 2. The maximum Gasteiger partial charge on any atom is 0.272 e. The molecule has 8 heteroatoms. The van der Waals surface area contributed by atoms with Gasteiger partial charge in [-0.25, -0.2) is 9.37 Å². The minimum absolute atomic E-state index is 0.157. The van der Waals surface area contributed by atoms with Gasteiger partial charge >= 0.3 is 0 Å². The fourth-order valence-corrected chi connectivity index (χ4v) is 3.58. The van der Waals surface area contributed by atoms with Gasteiger partial charge in [-0.2, -0.15) is 0 Å². The van der Waals surface area contributed by atoms with E-state index in [0.717, 1.165) is 12.0 Å². The summed E-state index contributed by atoms with van der Waals surface area (Å²) in [6, 6.07) is 4.19. The molecule has 30 heavy (non-hydrogen) atoms. The van der Waals surface area contributed by atoms with E-state index in [0.29, 0.717) is 30.2 Å². The van der Waals surface area contributed by atoms with Gasteiger partial charge < -0.3 is 19.9 Å². The highest BCUT2D eigenvalue weighted by Crippen LogP contribution is 2.28. The van der Waals surface area contributed by atoms with Gasteiger partial charge in [-0.15, -0.1) is 0 Å². The number of carbonyl (C=O) groups is 2. The Bertz CT molecular complexity index is 962. The average Bonchev–Trinajstić information content (AvgIpc) is 2.85. The average molecular weight is 416 g/mol. The largest absolute Gasteiger partial charge is 0.375 e. The summed E-state index contributed by atoms with van der Waals surface area (Å²) in [4.78, 5) is 30.0. The number of likely N-dealkylation sites (N-methyl/N-ethyl adjacent to an activating group) is 1. The van der Waals surface area contributed by atoms with Gasteiger partial charge in [0.1, 0.15) is 17.7 Å². The molecule has 162 valence electrons. The standard InChI is InChI=1S/C22H29FN4O3/c1-13-7-8-14(15(23)11-13)19-25-17(16-12-30-10-6-9-27(16)19)20(28)26-18(21(29)24-5)22(2,3)4/h7-8,11,18H,6,9-10,12H2,1-5H3,(H,24,29)(H,26,28)/t18-/m1/s1. The molecular formula is C22H29FN4O3. The second-order valence-corrected chi connectivity index (χ2v) is 8.66. The third-order valence-electron chi connectivity index (χ3n) is 5.21. The number of aromatic nitrogens is 2. The van der Waals surface area contributed by atoms with Gasteiger partial charge in [0.25, 0.3) is 5.91 Å². The Morgan fingerprint density at radius 2 is 2.03 bits per heavy atom. The van der Waals surface area contributed by atoms with Crippen LogP contribution in [0.25, 0.3) is 11.4 Å². The zero-order chi connectivity index (χ0) is 22.1. The van der Waals surface area contributed by atoms with Crippen molar-refractivity contribution in [1.82, 2.24) is 20.2 Å². The Hall–Kier alpha value is -2.74. The van der Waals surface area contributed by atoms with Gasteiger partial charge in [0.2, 0.25) is 5.91 Å². The fraction of sp³-hybridized carbons (Fsp3) is 0.500. The summed E-state index contributed by atoms with van der Waals surface area (Å²) in [7, 11) is 1.53. The lowest BCUT2D eigenvalue weighted by Crippen LogP contribution is -2.53. The molecule has 2 aromatic rings. The van der Waals surface area contributed by atoms with Gasteiger partial charge in [-0.1, -0.05) is 26.8 Å². The van der Waals surface area contributed by atoms with E-state index in [1.807, 2.05) is 38.3 Å². The molecule has 0 fully saturated rings. The van der Waals surface area contributed by atoms with Crippen molar-refractivity contribution < 1.29 is 18.7 Å². The Morgan fingerprint density at radius 3 is 2.67 bits per heavy atom. The van der Waals surface area contributed by atoms with Crippen molar-refractivity contribution in [2.45, 2.75) is 53.3 Å². The van der Waals surface area contributed by atoms with Crippen LogP contribution in [-0.4, -0.2) is 41.1 Å². The molecule has 1 atom stereocenters. The van der Waals surface area contributed by atoms with E-state index in [1.54, 1.807) is 6.07 Å². The molecule has 1 aromatic heterocycles. The van der Waals surface area contributed by atoms with Crippen molar-refractivity contribution >= 4 is 11.8 Å². The third kappa shape index (κ3) is 4.38. The topological polar surface area (TPSA) is 85.3 Å². The van der Waals surface area contributed by atoms with Gasteiger partial charge in [0.15, 0.2) is 5.69 Å². The number of carbonyl (C=O) groups excluding carboxylic acids is 2. The molecule has 2 amide bonds. The van der Waals surface area contributed by atoms with Crippen molar-refractivity contribution in [2.75, 3.05) is 13.7 Å². The fourth-order valence-electron chi connectivity index (χ4n) is 3.58. The van der Waals surface area contributed by atoms with Crippen LogP contribution in [0.1, 0.15) is 48.9 Å². The van der Waals surface area contributed by atoms with Crippen LogP contribution in [0.3, 0.4) is 0 Å². The summed E-state index contributed by atoms with van der Waals surface area (Å²) >= 11 is 0. The van der Waals surface area contributed by atoms with Crippen molar-refractivity contribution in [2.24, 2.45) is 5.41 Å². The molecule has 0 saturated carbocycles. The van der Waals surface area contributed by atoms with Crippen molar-refractivity contribution in [1.29, 1.82) is 0 Å². The van der Waals surface area contributed by atoms with Crippen LogP contribution in [0.2, 0.25) is 0 Å². The first kappa shape index (κ1) is 22.0. The van der Waals surface area contributed by atoms with Crippen LogP contribution < -0.4 is 10.6 Å². The van der Waals surface area contributed by atoms with Crippen LogP contribution in [0.15, 0.2) is 18.2 Å². The Morgan fingerprint density at radius 1 is 1.30 bits per heavy atom. The molecule has 1 aliphatic heterocycles. The van der Waals surface area contributed by atoms with Gasteiger partial charge in [0, 0.05) is 20.2 Å². The summed E-state index contributed by atoms with van der Waals surface area (Å²) in [5.74, 6) is -0.767. The summed E-state index contributed by atoms with van der Waals surface area (Å²) in [5.41, 5.74) is 1.38. The number of aryl methyl sites for hydroxylation is 1. The molecule has 0 saturated heterocycles. The predicted octanol–water partition coefficient (Wildman–Crippen LogP) is 2.81. The summed E-state index contributed by atoms with van der Waals surface area (Å²) in [6.45, 7) is 8.74. The maximum absolute atomic E-state index is 14.7. The number of nitrogens with zero attached hydrogens (tertiary/aromatic N) is 2. The molecule has 0 radical (unpaired) electrons. The first-order valence-corrected chi connectivity index (χ1v) is 10.1. The number of rotatable bonds is 4. The molecule has 0 bridgehead atoms.